The van der Waals surface area contributed by atoms with Crippen molar-refractivity contribution in [3.8, 4) is 0 Å². The molecule has 0 aromatic carbocycles. The Bertz CT molecular complexity index is 395. The van der Waals surface area contributed by atoms with Gasteiger partial charge in [0.05, 0.1) is 72.0 Å². The topological polar surface area (TPSA) is 75.7 Å². The van der Waals surface area contributed by atoms with Crippen molar-refractivity contribution in [1.82, 2.24) is 4.90 Å². The lowest BCUT2D eigenvalue weighted by molar-refractivity contribution is -0.0780. The number of carbonyl (C=O) groups is 1. The van der Waals surface area contributed by atoms with Gasteiger partial charge in [-0.1, -0.05) is 13.3 Å². The van der Waals surface area contributed by atoms with Gasteiger partial charge in [0, 0.05) is 6.61 Å². The van der Waals surface area contributed by atoms with Crippen molar-refractivity contribution < 1.29 is 33.2 Å². The van der Waals surface area contributed by atoms with E-state index in [0.717, 1.165) is 19.4 Å². The van der Waals surface area contributed by atoms with Crippen LogP contribution in [0.5, 0.6) is 0 Å². The molecule has 1 aliphatic rings. The Morgan fingerprint density at radius 1 is 0.821 bits per heavy atom. The van der Waals surface area contributed by atoms with Crippen molar-refractivity contribution in [1.29, 1.82) is 0 Å². The number of hydrogen-bond acceptors (Lipinski definition) is 7. The summed E-state index contributed by atoms with van der Waals surface area (Å²) in [6.45, 7) is 14.1. The summed E-state index contributed by atoms with van der Waals surface area (Å²) < 4.78 is 32.6. The zero-order valence-corrected chi connectivity index (χ0v) is 18.1. The van der Waals surface area contributed by atoms with E-state index in [1.165, 1.54) is 0 Å². The number of amides is 1. The monoisotopic (exact) mass is 405 g/mol. The van der Waals surface area contributed by atoms with Crippen LogP contribution in [0.4, 0.5) is 4.79 Å². The molecule has 8 nitrogen and oxygen atoms in total. The minimum atomic E-state index is -0.465. The first-order valence-corrected chi connectivity index (χ1v) is 10.3. The lowest BCUT2D eigenvalue weighted by Crippen LogP contribution is -2.56. The summed E-state index contributed by atoms with van der Waals surface area (Å²) >= 11 is 0. The Morgan fingerprint density at radius 2 is 1.29 bits per heavy atom. The van der Waals surface area contributed by atoms with Crippen molar-refractivity contribution in [2.45, 2.75) is 52.2 Å². The van der Waals surface area contributed by atoms with Gasteiger partial charge in [0.1, 0.15) is 5.60 Å². The Hall–Kier alpha value is -0.930. The minimum Gasteiger partial charge on any atom is -0.444 e. The Labute approximate surface area is 169 Å². The van der Waals surface area contributed by atoms with Gasteiger partial charge >= 0.3 is 6.09 Å². The van der Waals surface area contributed by atoms with Gasteiger partial charge < -0.3 is 33.3 Å². The molecule has 0 unspecified atom stereocenters. The molecule has 0 radical (unpaired) electrons. The molecule has 0 aromatic heterocycles. The van der Waals surface area contributed by atoms with Crippen molar-refractivity contribution in [2.24, 2.45) is 0 Å². The van der Waals surface area contributed by atoms with Gasteiger partial charge in [0.15, 0.2) is 0 Å². The zero-order chi connectivity index (χ0) is 20.7. The molecule has 0 aromatic rings. The van der Waals surface area contributed by atoms with Gasteiger partial charge in [0.25, 0.3) is 0 Å². The Balaban J connectivity index is 1.77. The molecule has 0 saturated carbocycles. The van der Waals surface area contributed by atoms with Crippen LogP contribution < -0.4 is 0 Å². The molecule has 28 heavy (non-hydrogen) atoms. The van der Waals surface area contributed by atoms with Crippen LogP contribution in [0.1, 0.15) is 40.5 Å². The average molecular weight is 406 g/mol. The van der Waals surface area contributed by atoms with Crippen LogP contribution in [0.3, 0.4) is 0 Å². The fraction of sp³-hybridized carbons (Fsp3) is 0.950. The quantitative estimate of drug-likeness (QED) is 0.365. The van der Waals surface area contributed by atoms with Crippen LogP contribution in [-0.4, -0.2) is 95.2 Å². The first kappa shape index (κ1) is 25.1. The highest BCUT2D eigenvalue weighted by Gasteiger charge is 2.34. The Morgan fingerprint density at radius 3 is 1.75 bits per heavy atom. The molecular weight excluding hydrogens is 366 g/mol. The predicted octanol–water partition coefficient (Wildman–Crippen LogP) is 2.49. The maximum Gasteiger partial charge on any atom is 0.410 e. The molecule has 0 aliphatic carbocycles. The van der Waals surface area contributed by atoms with Crippen LogP contribution in [0.25, 0.3) is 0 Å². The standard InChI is InChI=1S/C20H39NO7/c1-5-6-7-23-8-9-24-10-11-25-12-13-26-14-15-27-18-16-21(17-18)19(22)28-20(2,3)4/h18H,5-17H2,1-4H3. The second kappa shape index (κ2) is 15.0. The molecule has 0 atom stereocenters. The second-order valence-electron chi connectivity index (χ2n) is 7.68. The number of likely N-dealkylation sites (tertiary alicyclic amines) is 1. The first-order chi connectivity index (χ1) is 13.4. The summed E-state index contributed by atoms with van der Waals surface area (Å²) in [5.41, 5.74) is -0.465. The van der Waals surface area contributed by atoms with Crippen molar-refractivity contribution in [3.05, 3.63) is 0 Å². The molecule has 0 spiro atoms. The minimum absolute atomic E-state index is 0.0652. The van der Waals surface area contributed by atoms with Gasteiger partial charge in [-0.25, -0.2) is 4.79 Å². The third-order valence-corrected chi connectivity index (χ3v) is 3.84. The molecule has 1 fully saturated rings. The van der Waals surface area contributed by atoms with Gasteiger partial charge in [-0.15, -0.1) is 0 Å². The predicted molar refractivity (Wildman–Crippen MR) is 106 cm³/mol. The SMILES string of the molecule is CCCCOCCOCCOCCOCCOC1CN(C(=O)OC(C)(C)C)C1. The van der Waals surface area contributed by atoms with Gasteiger partial charge in [-0.3, -0.25) is 0 Å². The van der Waals surface area contributed by atoms with Crippen LogP contribution in [0.2, 0.25) is 0 Å². The lowest BCUT2D eigenvalue weighted by atomic mass is 10.2. The molecule has 1 saturated heterocycles. The van der Waals surface area contributed by atoms with E-state index >= 15 is 0 Å². The molecule has 0 N–H and O–H groups in total. The molecule has 1 aliphatic heterocycles. The molecule has 1 rings (SSSR count). The fourth-order valence-electron chi connectivity index (χ4n) is 2.30. The largest absolute Gasteiger partial charge is 0.444 e. The van der Waals surface area contributed by atoms with E-state index < -0.39 is 5.60 Å². The Kier molecular flexibility index (Phi) is 13.4. The van der Waals surface area contributed by atoms with Crippen LogP contribution in [-0.2, 0) is 28.4 Å². The maximum atomic E-state index is 11.8. The van der Waals surface area contributed by atoms with Crippen LogP contribution in [0.15, 0.2) is 0 Å². The van der Waals surface area contributed by atoms with Crippen LogP contribution in [0, 0.1) is 0 Å². The highest BCUT2D eigenvalue weighted by Crippen LogP contribution is 2.16. The van der Waals surface area contributed by atoms with E-state index in [2.05, 4.69) is 6.92 Å². The number of ether oxygens (including phenoxy) is 6. The first-order valence-electron chi connectivity index (χ1n) is 10.3. The van der Waals surface area contributed by atoms with E-state index in [9.17, 15) is 4.79 Å². The summed E-state index contributed by atoms with van der Waals surface area (Å²) in [6, 6.07) is 0. The molecule has 1 heterocycles. The van der Waals surface area contributed by atoms with Crippen molar-refractivity contribution in [2.75, 3.05) is 72.6 Å². The van der Waals surface area contributed by atoms with E-state index in [1.807, 2.05) is 20.8 Å². The van der Waals surface area contributed by atoms with E-state index in [-0.39, 0.29) is 12.2 Å². The molecule has 1 amide bonds. The van der Waals surface area contributed by atoms with E-state index in [0.29, 0.717) is 65.9 Å². The highest BCUT2D eigenvalue weighted by molar-refractivity contribution is 5.69. The maximum absolute atomic E-state index is 11.8. The van der Waals surface area contributed by atoms with Gasteiger partial charge in [-0.05, 0) is 27.2 Å². The molecule has 166 valence electrons. The smallest absolute Gasteiger partial charge is 0.410 e. The molecule has 8 heteroatoms. The number of carbonyl (C=O) groups excluding carboxylic acids is 1. The van der Waals surface area contributed by atoms with Gasteiger partial charge in [-0.2, -0.15) is 0 Å². The van der Waals surface area contributed by atoms with Crippen molar-refractivity contribution in [3.63, 3.8) is 0 Å². The third-order valence-electron chi connectivity index (χ3n) is 3.84. The van der Waals surface area contributed by atoms with E-state index in [4.69, 9.17) is 28.4 Å². The summed E-state index contributed by atoms with van der Waals surface area (Å²) in [7, 11) is 0. The average Bonchev–Trinajstić information content (AvgIpc) is 2.58. The normalized spacial score (nSPS) is 14.9. The molecular formula is C20H39NO7. The summed E-state index contributed by atoms with van der Waals surface area (Å²) in [5.74, 6) is 0. The summed E-state index contributed by atoms with van der Waals surface area (Å²) in [4.78, 5) is 13.4. The van der Waals surface area contributed by atoms with Crippen molar-refractivity contribution >= 4 is 6.09 Å². The zero-order valence-electron chi connectivity index (χ0n) is 18.1. The molecule has 0 bridgehead atoms. The summed E-state index contributed by atoms with van der Waals surface area (Å²) in [6.07, 6.45) is 2.03. The van der Waals surface area contributed by atoms with E-state index in [1.54, 1.807) is 4.90 Å². The number of unbranched alkanes of at least 4 members (excludes halogenated alkanes) is 1. The third kappa shape index (κ3) is 13.3. The number of hydrogen-bond donors (Lipinski definition) is 0. The van der Waals surface area contributed by atoms with Crippen LogP contribution >= 0.6 is 0 Å². The summed E-state index contributed by atoms with van der Waals surface area (Å²) in [5, 5.41) is 0. The highest BCUT2D eigenvalue weighted by atomic mass is 16.6. The fourth-order valence-corrected chi connectivity index (χ4v) is 2.30. The van der Waals surface area contributed by atoms with Gasteiger partial charge in [0.2, 0.25) is 0 Å². The number of rotatable bonds is 16. The number of nitrogens with zero attached hydrogens (tertiary/aromatic N) is 1. The second-order valence-corrected chi connectivity index (χ2v) is 7.68. The lowest BCUT2D eigenvalue weighted by Gasteiger charge is -2.39.